The average molecular weight is 238 g/mol. The molecule has 0 spiro atoms. The van der Waals surface area contributed by atoms with Gasteiger partial charge in [-0.2, -0.15) is 0 Å². The van der Waals surface area contributed by atoms with E-state index in [0.29, 0.717) is 24.7 Å². The molecule has 1 N–H and O–H groups in total. The number of halogens is 3. The molecular formula is C10H13F3O3. The normalized spacial score (nSPS) is 37.2. The summed E-state index contributed by atoms with van der Waals surface area (Å²) in [6.45, 7) is -0.560. The van der Waals surface area contributed by atoms with Gasteiger partial charge in [-0.15, -0.1) is 13.2 Å². The van der Waals surface area contributed by atoms with E-state index in [1.165, 1.54) is 0 Å². The topological polar surface area (TPSA) is 46.5 Å². The van der Waals surface area contributed by atoms with Crippen LogP contribution in [0.5, 0.6) is 0 Å². The van der Waals surface area contributed by atoms with E-state index in [0.717, 1.165) is 6.42 Å². The number of carboxylic acid groups (broad SMARTS) is 1. The minimum absolute atomic E-state index is 0.0468. The number of hydrogen-bond acceptors (Lipinski definition) is 2. The van der Waals surface area contributed by atoms with Crippen LogP contribution in [0.2, 0.25) is 0 Å². The highest BCUT2D eigenvalue weighted by molar-refractivity contribution is 5.75. The molecule has 0 aromatic carbocycles. The molecule has 2 atom stereocenters. The summed E-state index contributed by atoms with van der Waals surface area (Å²) in [7, 11) is 0. The summed E-state index contributed by atoms with van der Waals surface area (Å²) in [5.74, 6) is -0.144. The molecule has 0 amide bonds. The van der Waals surface area contributed by atoms with E-state index in [4.69, 9.17) is 5.11 Å². The second-order valence-electron chi connectivity index (χ2n) is 4.79. The van der Waals surface area contributed by atoms with Crippen molar-refractivity contribution >= 4 is 5.97 Å². The van der Waals surface area contributed by atoms with Crippen LogP contribution in [-0.4, -0.2) is 24.0 Å². The van der Waals surface area contributed by atoms with Crippen LogP contribution >= 0.6 is 0 Å². The first-order chi connectivity index (χ1) is 7.32. The third kappa shape index (κ3) is 2.31. The zero-order valence-corrected chi connectivity index (χ0v) is 8.59. The Kier molecular flexibility index (Phi) is 2.64. The van der Waals surface area contributed by atoms with Gasteiger partial charge in [0.05, 0.1) is 12.0 Å². The molecule has 0 saturated heterocycles. The molecule has 2 aliphatic rings. The van der Waals surface area contributed by atoms with Gasteiger partial charge < -0.3 is 5.11 Å². The number of carboxylic acids is 1. The van der Waals surface area contributed by atoms with E-state index in [1.807, 2.05) is 0 Å². The Morgan fingerprint density at radius 1 is 1.38 bits per heavy atom. The summed E-state index contributed by atoms with van der Waals surface area (Å²) in [5.41, 5.74) is -0.973. The van der Waals surface area contributed by atoms with Gasteiger partial charge in [-0.1, -0.05) is 0 Å². The van der Waals surface area contributed by atoms with Crippen LogP contribution in [0.15, 0.2) is 0 Å². The van der Waals surface area contributed by atoms with Crippen molar-refractivity contribution in [1.29, 1.82) is 0 Å². The minimum atomic E-state index is -4.67. The predicted molar refractivity (Wildman–Crippen MR) is 47.5 cm³/mol. The van der Waals surface area contributed by atoms with Crippen LogP contribution in [0.4, 0.5) is 13.2 Å². The molecule has 0 bridgehead atoms. The molecule has 0 heterocycles. The number of carbonyl (C=O) groups is 1. The van der Waals surface area contributed by atoms with E-state index in [9.17, 15) is 18.0 Å². The van der Waals surface area contributed by atoms with Crippen molar-refractivity contribution in [1.82, 2.24) is 0 Å². The maximum absolute atomic E-state index is 11.8. The van der Waals surface area contributed by atoms with Gasteiger partial charge in [0, 0.05) is 0 Å². The summed E-state index contributed by atoms with van der Waals surface area (Å²) >= 11 is 0. The lowest BCUT2D eigenvalue weighted by molar-refractivity contribution is -0.326. The van der Waals surface area contributed by atoms with Crippen LogP contribution in [0.1, 0.15) is 25.7 Å². The van der Waals surface area contributed by atoms with E-state index >= 15 is 0 Å². The predicted octanol–water partition coefficient (Wildman–Crippen LogP) is 2.41. The van der Waals surface area contributed by atoms with Crippen molar-refractivity contribution in [3.05, 3.63) is 0 Å². The first-order valence-electron chi connectivity index (χ1n) is 5.26. The fraction of sp³-hybridized carbons (Fsp3) is 0.900. The Morgan fingerprint density at radius 3 is 2.38 bits per heavy atom. The second-order valence-corrected chi connectivity index (χ2v) is 4.79. The summed E-state index contributed by atoms with van der Waals surface area (Å²) < 4.78 is 39.0. The van der Waals surface area contributed by atoms with E-state index in [-0.39, 0.29) is 6.42 Å². The van der Waals surface area contributed by atoms with Crippen LogP contribution in [0.3, 0.4) is 0 Å². The molecule has 3 nitrogen and oxygen atoms in total. The summed E-state index contributed by atoms with van der Waals surface area (Å²) in [4.78, 5) is 11.1. The molecule has 92 valence electrons. The lowest BCUT2D eigenvalue weighted by atomic mass is 9.80. The largest absolute Gasteiger partial charge is 0.522 e. The van der Waals surface area contributed by atoms with Crippen molar-refractivity contribution in [3.63, 3.8) is 0 Å². The maximum Gasteiger partial charge on any atom is 0.522 e. The van der Waals surface area contributed by atoms with Gasteiger partial charge in [-0.3, -0.25) is 9.53 Å². The molecule has 2 unspecified atom stereocenters. The molecule has 2 rings (SSSR count). The SMILES string of the molecule is O=C(O)C1(CCOC(F)(F)F)CC2CC2C1. The van der Waals surface area contributed by atoms with Gasteiger partial charge in [0.25, 0.3) is 0 Å². The smallest absolute Gasteiger partial charge is 0.481 e. The summed E-state index contributed by atoms with van der Waals surface area (Å²) in [6, 6.07) is 0. The van der Waals surface area contributed by atoms with E-state index in [2.05, 4.69) is 4.74 Å². The average Bonchev–Trinajstić information content (AvgIpc) is 2.72. The Bertz CT molecular complexity index is 290. The highest BCUT2D eigenvalue weighted by Crippen LogP contribution is 2.61. The van der Waals surface area contributed by atoms with Crippen LogP contribution < -0.4 is 0 Å². The zero-order chi connectivity index (χ0) is 12.0. The lowest BCUT2D eigenvalue weighted by Crippen LogP contribution is -2.32. The summed E-state index contributed by atoms with van der Waals surface area (Å²) in [5, 5.41) is 9.09. The van der Waals surface area contributed by atoms with Gasteiger partial charge in [0.2, 0.25) is 0 Å². The van der Waals surface area contributed by atoms with Crippen LogP contribution in [0.25, 0.3) is 0 Å². The first kappa shape index (κ1) is 11.7. The Hall–Kier alpha value is -0.780. The molecular weight excluding hydrogens is 225 g/mol. The third-order valence-corrected chi connectivity index (χ3v) is 3.67. The van der Waals surface area contributed by atoms with Gasteiger partial charge in [-0.05, 0) is 37.5 Å². The van der Waals surface area contributed by atoms with Gasteiger partial charge in [0.1, 0.15) is 0 Å². The highest BCUT2D eigenvalue weighted by atomic mass is 19.4. The zero-order valence-electron chi connectivity index (χ0n) is 8.59. The number of aliphatic carboxylic acids is 1. The molecule has 6 heteroatoms. The number of ether oxygens (including phenoxy) is 1. The third-order valence-electron chi connectivity index (χ3n) is 3.67. The second kappa shape index (κ2) is 3.61. The Labute approximate surface area is 90.6 Å². The molecule has 16 heavy (non-hydrogen) atoms. The number of fused-ring (bicyclic) bond motifs is 1. The fourth-order valence-electron chi connectivity index (χ4n) is 2.75. The molecule has 0 aliphatic heterocycles. The quantitative estimate of drug-likeness (QED) is 0.818. The molecule has 2 saturated carbocycles. The number of rotatable bonds is 4. The lowest BCUT2D eigenvalue weighted by Gasteiger charge is -2.25. The van der Waals surface area contributed by atoms with E-state index < -0.39 is 24.4 Å². The number of hydrogen-bond donors (Lipinski definition) is 1. The van der Waals surface area contributed by atoms with Crippen molar-refractivity contribution in [2.75, 3.05) is 6.61 Å². The molecule has 2 fully saturated rings. The maximum atomic E-state index is 11.8. The van der Waals surface area contributed by atoms with Crippen molar-refractivity contribution < 1.29 is 27.8 Å². The minimum Gasteiger partial charge on any atom is -0.481 e. The van der Waals surface area contributed by atoms with Gasteiger partial charge in [0.15, 0.2) is 0 Å². The number of alkyl halides is 3. The first-order valence-corrected chi connectivity index (χ1v) is 5.26. The van der Waals surface area contributed by atoms with Gasteiger partial charge >= 0.3 is 12.3 Å². The Morgan fingerprint density at radius 2 is 1.94 bits per heavy atom. The Balaban J connectivity index is 1.87. The van der Waals surface area contributed by atoms with Crippen molar-refractivity contribution in [2.24, 2.45) is 17.3 Å². The highest BCUT2D eigenvalue weighted by Gasteiger charge is 2.57. The standard InChI is InChI=1S/C10H13F3O3/c11-10(12,13)16-2-1-9(8(14)15)4-6-3-7(6)5-9/h6-7H,1-5H2,(H,14,15). The van der Waals surface area contributed by atoms with Crippen LogP contribution in [-0.2, 0) is 9.53 Å². The molecule has 0 radical (unpaired) electrons. The fourth-order valence-corrected chi connectivity index (χ4v) is 2.75. The van der Waals surface area contributed by atoms with Crippen LogP contribution in [0, 0.1) is 17.3 Å². The van der Waals surface area contributed by atoms with E-state index in [1.54, 1.807) is 0 Å². The molecule has 0 aromatic rings. The summed E-state index contributed by atoms with van der Waals surface area (Å²) in [6.07, 6.45) is -2.66. The van der Waals surface area contributed by atoms with Gasteiger partial charge in [-0.25, -0.2) is 0 Å². The monoisotopic (exact) mass is 238 g/mol. The van der Waals surface area contributed by atoms with Crippen molar-refractivity contribution in [2.45, 2.75) is 32.0 Å². The van der Waals surface area contributed by atoms with Crippen molar-refractivity contribution in [3.8, 4) is 0 Å². The molecule has 0 aromatic heterocycles. The molecule has 2 aliphatic carbocycles.